The van der Waals surface area contributed by atoms with Crippen LogP contribution in [0.3, 0.4) is 0 Å². The van der Waals surface area contributed by atoms with Crippen molar-refractivity contribution in [2.75, 3.05) is 14.2 Å². The molecule has 2 nitrogen and oxygen atoms in total. The van der Waals surface area contributed by atoms with Crippen LogP contribution in [-0.4, -0.2) is 25.8 Å². The number of hydrogen-bond acceptors (Lipinski definition) is 2. The molecule has 0 aromatic heterocycles. The van der Waals surface area contributed by atoms with Gasteiger partial charge in [-0.1, -0.05) is 26.2 Å². The Bertz CT molecular complexity index is 236. The average molecular weight is 253 g/mol. The van der Waals surface area contributed by atoms with Crippen LogP contribution in [0.1, 0.15) is 64.7 Å². The summed E-state index contributed by atoms with van der Waals surface area (Å²) in [6, 6.07) is 0.669. The second-order valence-electron chi connectivity index (χ2n) is 6.53. The number of hydrogen-bond donors (Lipinski definition) is 1. The quantitative estimate of drug-likeness (QED) is 0.778. The van der Waals surface area contributed by atoms with Crippen LogP contribution in [-0.2, 0) is 4.74 Å². The fourth-order valence-corrected chi connectivity index (χ4v) is 3.97. The molecule has 0 amide bonds. The van der Waals surface area contributed by atoms with Gasteiger partial charge in [-0.3, -0.25) is 0 Å². The summed E-state index contributed by atoms with van der Waals surface area (Å²) in [6.07, 6.45) is 12.2. The molecule has 0 aromatic rings. The summed E-state index contributed by atoms with van der Waals surface area (Å²) >= 11 is 0. The smallest absolute Gasteiger partial charge is 0.0693 e. The van der Waals surface area contributed by atoms with Crippen molar-refractivity contribution in [1.82, 2.24) is 5.32 Å². The Morgan fingerprint density at radius 2 is 1.89 bits per heavy atom. The Kier molecular flexibility index (Phi) is 5.08. The highest BCUT2D eigenvalue weighted by Crippen LogP contribution is 2.42. The van der Waals surface area contributed by atoms with Gasteiger partial charge in [0.2, 0.25) is 0 Å². The minimum absolute atomic E-state index is 0.218. The van der Waals surface area contributed by atoms with Crippen LogP contribution in [0.4, 0.5) is 0 Å². The van der Waals surface area contributed by atoms with Gasteiger partial charge in [0, 0.05) is 13.2 Å². The molecule has 1 atom stereocenters. The molecule has 106 valence electrons. The number of nitrogens with one attached hydrogen (secondary N) is 1. The first-order valence-electron chi connectivity index (χ1n) is 7.95. The lowest BCUT2D eigenvalue weighted by Gasteiger charge is -2.45. The number of rotatable bonds is 6. The van der Waals surface area contributed by atoms with E-state index in [1.54, 1.807) is 0 Å². The van der Waals surface area contributed by atoms with E-state index < -0.39 is 0 Å². The average Bonchev–Trinajstić information content (AvgIpc) is 2.39. The van der Waals surface area contributed by atoms with Gasteiger partial charge in [-0.2, -0.15) is 0 Å². The largest absolute Gasteiger partial charge is 0.378 e. The van der Waals surface area contributed by atoms with Gasteiger partial charge >= 0.3 is 0 Å². The molecule has 2 aliphatic carbocycles. The molecule has 0 radical (unpaired) electrons. The van der Waals surface area contributed by atoms with Gasteiger partial charge < -0.3 is 10.1 Å². The van der Waals surface area contributed by atoms with E-state index in [4.69, 9.17) is 4.74 Å². The highest BCUT2D eigenvalue weighted by atomic mass is 16.5. The zero-order valence-electron chi connectivity index (χ0n) is 12.5. The van der Waals surface area contributed by atoms with E-state index >= 15 is 0 Å². The third-order valence-corrected chi connectivity index (χ3v) is 5.70. The lowest BCUT2D eigenvalue weighted by Crippen LogP contribution is -2.48. The van der Waals surface area contributed by atoms with E-state index in [-0.39, 0.29) is 5.60 Å². The molecule has 0 bridgehead atoms. The molecular formula is C16H31NO. The Balaban J connectivity index is 1.85. The van der Waals surface area contributed by atoms with Gasteiger partial charge in [-0.15, -0.1) is 0 Å². The fourth-order valence-electron chi connectivity index (χ4n) is 3.97. The van der Waals surface area contributed by atoms with E-state index in [1.165, 1.54) is 57.8 Å². The first-order valence-corrected chi connectivity index (χ1v) is 7.95. The Morgan fingerprint density at radius 1 is 1.22 bits per heavy atom. The normalized spacial score (nSPS) is 32.8. The molecule has 1 unspecified atom stereocenters. The fraction of sp³-hybridized carbons (Fsp3) is 1.00. The minimum atomic E-state index is 0.218. The zero-order valence-corrected chi connectivity index (χ0v) is 12.5. The standard InChI is InChI=1S/C16H31NO/c1-4-13-6-8-14(9-7-13)15(17-2)12-16(18-3)10-5-11-16/h13-15,17H,4-12H2,1-3H3. The molecule has 2 heteroatoms. The van der Waals surface area contributed by atoms with E-state index in [1.807, 2.05) is 7.11 Å². The van der Waals surface area contributed by atoms with Crippen LogP contribution >= 0.6 is 0 Å². The van der Waals surface area contributed by atoms with E-state index in [2.05, 4.69) is 19.3 Å². The van der Waals surface area contributed by atoms with E-state index in [0.717, 1.165) is 11.8 Å². The van der Waals surface area contributed by atoms with E-state index in [0.29, 0.717) is 6.04 Å². The third kappa shape index (κ3) is 3.08. The van der Waals surface area contributed by atoms with Gasteiger partial charge in [0.25, 0.3) is 0 Å². The summed E-state index contributed by atoms with van der Waals surface area (Å²) in [4.78, 5) is 0. The highest BCUT2D eigenvalue weighted by molar-refractivity contribution is 4.95. The van der Waals surface area contributed by atoms with Gasteiger partial charge in [0.15, 0.2) is 0 Å². The molecule has 0 spiro atoms. The van der Waals surface area contributed by atoms with Gasteiger partial charge in [0.05, 0.1) is 5.60 Å². The maximum absolute atomic E-state index is 5.80. The highest BCUT2D eigenvalue weighted by Gasteiger charge is 2.40. The van der Waals surface area contributed by atoms with Crippen molar-refractivity contribution in [1.29, 1.82) is 0 Å². The summed E-state index contributed by atoms with van der Waals surface area (Å²) < 4.78 is 5.80. The predicted octanol–water partition coefficient (Wildman–Crippen LogP) is 3.75. The van der Waals surface area contributed by atoms with Crippen molar-refractivity contribution in [2.24, 2.45) is 11.8 Å². The van der Waals surface area contributed by atoms with Gasteiger partial charge in [-0.05, 0) is 57.4 Å². The third-order valence-electron chi connectivity index (χ3n) is 5.70. The van der Waals surface area contributed by atoms with Crippen molar-refractivity contribution < 1.29 is 4.74 Å². The van der Waals surface area contributed by atoms with Crippen molar-refractivity contribution >= 4 is 0 Å². The SMILES string of the molecule is CCC1CCC(C(CC2(OC)CCC2)NC)CC1. The van der Waals surface area contributed by atoms with Crippen LogP contribution in [0.2, 0.25) is 0 Å². The second-order valence-corrected chi connectivity index (χ2v) is 6.53. The molecule has 0 aliphatic heterocycles. The number of ether oxygens (including phenoxy) is 1. The summed E-state index contributed by atoms with van der Waals surface area (Å²) in [5.74, 6) is 1.88. The van der Waals surface area contributed by atoms with Gasteiger partial charge in [0.1, 0.15) is 0 Å². The molecule has 18 heavy (non-hydrogen) atoms. The molecule has 2 rings (SSSR count). The van der Waals surface area contributed by atoms with Crippen LogP contribution in [0.15, 0.2) is 0 Å². The van der Waals surface area contributed by atoms with Crippen LogP contribution in [0.25, 0.3) is 0 Å². The van der Waals surface area contributed by atoms with Crippen molar-refractivity contribution in [3.05, 3.63) is 0 Å². The molecule has 0 saturated heterocycles. The van der Waals surface area contributed by atoms with Crippen LogP contribution < -0.4 is 5.32 Å². The predicted molar refractivity (Wildman–Crippen MR) is 76.8 cm³/mol. The Hall–Kier alpha value is -0.0800. The second kappa shape index (κ2) is 6.38. The first-order chi connectivity index (χ1) is 8.73. The zero-order chi connectivity index (χ0) is 13.0. The number of methoxy groups -OCH3 is 1. The summed E-state index contributed by atoms with van der Waals surface area (Å²) in [7, 11) is 4.04. The lowest BCUT2D eigenvalue weighted by atomic mass is 9.70. The van der Waals surface area contributed by atoms with Crippen molar-refractivity contribution in [3.63, 3.8) is 0 Å². The summed E-state index contributed by atoms with van der Waals surface area (Å²) in [5.41, 5.74) is 0.218. The summed E-state index contributed by atoms with van der Waals surface area (Å²) in [5, 5.41) is 3.58. The molecule has 0 aromatic carbocycles. The van der Waals surface area contributed by atoms with Crippen molar-refractivity contribution in [3.8, 4) is 0 Å². The monoisotopic (exact) mass is 253 g/mol. The van der Waals surface area contributed by atoms with Crippen molar-refractivity contribution in [2.45, 2.75) is 76.4 Å². The molecular weight excluding hydrogens is 222 g/mol. The molecule has 1 N–H and O–H groups in total. The maximum atomic E-state index is 5.80. The van der Waals surface area contributed by atoms with Crippen LogP contribution in [0.5, 0.6) is 0 Å². The lowest BCUT2D eigenvalue weighted by molar-refractivity contribution is -0.0877. The Labute approximate surface area is 113 Å². The Morgan fingerprint density at radius 3 is 2.28 bits per heavy atom. The minimum Gasteiger partial charge on any atom is -0.378 e. The van der Waals surface area contributed by atoms with E-state index in [9.17, 15) is 0 Å². The molecule has 2 fully saturated rings. The topological polar surface area (TPSA) is 21.3 Å². The van der Waals surface area contributed by atoms with Gasteiger partial charge in [-0.25, -0.2) is 0 Å². The summed E-state index contributed by atoms with van der Waals surface area (Å²) in [6.45, 7) is 2.34. The molecule has 2 aliphatic rings. The van der Waals surface area contributed by atoms with Crippen LogP contribution in [0, 0.1) is 11.8 Å². The molecule has 2 saturated carbocycles. The first kappa shape index (κ1) is 14.3. The molecule has 0 heterocycles. The maximum Gasteiger partial charge on any atom is 0.0693 e.